The fraction of sp³-hybridized carbons (Fsp3) is 0.739. The van der Waals surface area contributed by atoms with Crippen molar-refractivity contribution < 1.29 is 13.9 Å². The van der Waals surface area contributed by atoms with E-state index < -0.39 is 0 Å². The molecule has 158 valence electrons. The molecular weight excluding hydrogens is 359 g/mol. The van der Waals surface area contributed by atoms with Crippen LogP contribution < -0.4 is 9.47 Å². The van der Waals surface area contributed by atoms with Crippen LogP contribution in [0.1, 0.15) is 72.1 Å². The van der Waals surface area contributed by atoms with E-state index in [-0.39, 0.29) is 21.4 Å². The van der Waals surface area contributed by atoms with E-state index in [4.69, 9.17) is 9.47 Å². The second-order valence-corrected chi connectivity index (χ2v) is 13.5. The Bertz CT molecular complexity index is 538. The van der Waals surface area contributed by atoms with Gasteiger partial charge in [0.1, 0.15) is 11.4 Å². The van der Waals surface area contributed by atoms with Crippen molar-refractivity contribution >= 4 is 10.0 Å². The molecule has 0 N–H and O–H groups in total. The van der Waals surface area contributed by atoms with Gasteiger partial charge in [-0.25, -0.2) is 14.4 Å². The molecule has 0 aliphatic carbocycles. The lowest BCUT2D eigenvalue weighted by Gasteiger charge is -2.25. The average Bonchev–Trinajstić information content (AvgIpc) is 2.58. The fourth-order valence-corrected chi connectivity index (χ4v) is 3.81. The van der Waals surface area contributed by atoms with Gasteiger partial charge in [-0.2, -0.15) is 0 Å². The van der Waals surface area contributed by atoms with Gasteiger partial charge >= 0.3 is 0 Å². The Morgan fingerprint density at radius 2 is 1.52 bits per heavy atom. The van der Waals surface area contributed by atoms with Gasteiger partial charge in [-0.3, -0.25) is 0 Å². The zero-order valence-electron chi connectivity index (χ0n) is 18.4. The summed E-state index contributed by atoms with van der Waals surface area (Å²) >= 11 is 0. The molecule has 0 unspecified atom stereocenters. The van der Waals surface area contributed by atoms with E-state index in [1.807, 2.05) is 20.8 Å². The van der Waals surface area contributed by atoms with Gasteiger partial charge in [0.25, 0.3) is 0 Å². The van der Waals surface area contributed by atoms with E-state index >= 15 is 0 Å². The highest BCUT2D eigenvalue weighted by Gasteiger charge is 2.19. The summed E-state index contributed by atoms with van der Waals surface area (Å²) in [4.78, 5) is 0. The third-order valence-electron chi connectivity index (χ3n) is 4.81. The van der Waals surface area contributed by atoms with Gasteiger partial charge in [0.05, 0.1) is 6.61 Å². The Hall–Kier alpha value is -0.900. The van der Waals surface area contributed by atoms with Crippen molar-refractivity contribution in [2.75, 3.05) is 31.1 Å². The molecule has 0 atom stereocenters. The van der Waals surface area contributed by atoms with Crippen molar-refractivity contribution in [3.05, 3.63) is 24.0 Å². The molecule has 4 heteroatoms. The largest absolute Gasteiger partial charge is 0.493 e. The van der Waals surface area contributed by atoms with Crippen LogP contribution in [0.2, 0.25) is 0 Å². The van der Waals surface area contributed by atoms with Crippen LogP contribution in [0.4, 0.5) is 4.39 Å². The van der Waals surface area contributed by atoms with Crippen LogP contribution in [-0.2, 0) is 0 Å². The average molecular weight is 401 g/mol. The molecule has 0 heterocycles. The second kappa shape index (κ2) is 11.8. The molecule has 1 rings (SSSR count). The standard InChI is InChI=1S/C23H41FO2S/c1-7-23(2,3)26-22-16-15-20(19-21(22)24)25-17-13-11-9-8-10-12-14-18-27(4,5)6/h15-16,19H,7-14,17-18H2,1-6H3. The van der Waals surface area contributed by atoms with Gasteiger partial charge in [-0.1, -0.05) is 39.0 Å². The Morgan fingerprint density at radius 1 is 0.926 bits per heavy atom. The van der Waals surface area contributed by atoms with E-state index in [0.717, 1.165) is 12.8 Å². The van der Waals surface area contributed by atoms with Crippen molar-refractivity contribution in [3.63, 3.8) is 0 Å². The maximum atomic E-state index is 14.2. The number of rotatable bonds is 14. The van der Waals surface area contributed by atoms with Crippen LogP contribution in [0, 0.1) is 5.82 Å². The molecule has 0 saturated heterocycles. The van der Waals surface area contributed by atoms with Gasteiger partial charge in [0.15, 0.2) is 11.6 Å². The number of ether oxygens (including phenoxy) is 2. The zero-order chi connectivity index (χ0) is 20.3. The van der Waals surface area contributed by atoms with Gasteiger partial charge in [-0.15, -0.1) is 0 Å². The van der Waals surface area contributed by atoms with Crippen LogP contribution in [0.15, 0.2) is 18.2 Å². The van der Waals surface area contributed by atoms with E-state index in [0.29, 0.717) is 18.1 Å². The van der Waals surface area contributed by atoms with Crippen molar-refractivity contribution in [2.45, 2.75) is 77.7 Å². The normalized spacial score (nSPS) is 12.9. The first kappa shape index (κ1) is 24.1. The van der Waals surface area contributed by atoms with Crippen LogP contribution in [0.5, 0.6) is 11.5 Å². The lowest BCUT2D eigenvalue weighted by molar-refractivity contribution is 0.0992. The molecule has 0 radical (unpaired) electrons. The van der Waals surface area contributed by atoms with Crippen LogP contribution >= 0.6 is 10.0 Å². The quantitative estimate of drug-likeness (QED) is 0.307. The summed E-state index contributed by atoms with van der Waals surface area (Å²) in [5.74, 6) is 1.92. The lowest BCUT2D eigenvalue weighted by atomic mass is 10.1. The van der Waals surface area contributed by atoms with E-state index in [1.54, 1.807) is 12.1 Å². The van der Waals surface area contributed by atoms with Gasteiger partial charge in [-0.05, 0) is 69.8 Å². The highest BCUT2D eigenvalue weighted by molar-refractivity contribution is 8.32. The molecule has 0 fully saturated rings. The number of hydrogen-bond donors (Lipinski definition) is 0. The van der Waals surface area contributed by atoms with Gasteiger partial charge in [0.2, 0.25) is 0 Å². The highest BCUT2D eigenvalue weighted by atomic mass is 32.3. The molecule has 0 aliphatic heterocycles. The van der Waals surface area contributed by atoms with Crippen molar-refractivity contribution in [1.82, 2.24) is 0 Å². The molecule has 1 aromatic carbocycles. The molecule has 0 spiro atoms. The van der Waals surface area contributed by atoms with Crippen LogP contribution in [-0.4, -0.2) is 36.7 Å². The van der Waals surface area contributed by atoms with Crippen LogP contribution in [0.3, 0.4) is 0 Å². The third kappa shape index (κ3) is 11.5. The first-order valence-corrected chi connectivity index (χ1v) is 13.4. The first-order valence-electron chi connectivity index (χ1n) is 10.4. The molecule has 0 aliphatic rings. The Balaban J connectivity index is 2.14. The summed E-state index contributed by atoms with van der Waals surface area (Å²) in [6, 6.07) is 4.89. The minimum atomic E-state index is -0.364. The van der Waals surface area contributed by atoms with Crippen molar-refractivity contribution in [3.8, 4) is 11.5 Å². The summed E-state index contributed by atoms with van der Waals surface area (Å²) in [5, 5.41) is 0. The predicted octanol–water partition coefficient (Wildman–Crippen LogP) is 7.20. The maximum absolute atomic E-state index is 14.2. The molecule has 0 saturated carbocycles. The predicted molar refractivity (Wildman–Crippen MR) is 119 cm³/mol. The molecule has 0 amide bonds. The number of unbranched alkanes of at least 4 members (excludes halogenated alkanes) is 6. The molecular formula is C23H41FO2S. The van der Waals surface area contributed by atoms with Crippen molar-refractivity contribution in [2.24, 2.45) is 0 Å². The first-order chi connectivity index (χ1) is 12.6. The second-order valence-electron chi connectivity index (χ2n) is 8.93. The Morgan fingerprint density at radius 3 is 2.07 bits per heavy atom. The number of benzene rings is 1. The minimum Gasteiger partial charge on any atom is -0.493 e. The summed E-state index contributed by atoms with van der Waals surface area (Å²) < 4.78 is 25.6. The van der Waals surface area contributed by atoms with Gasteiger partial charge in [0, 0.05) is 6.07 Å². The van der Waals surface area contributed by atoms with E-state index in [2.05, 4.69) is 18.8 Å². The molecule has 2 nitrogen and oxygen atoms in total. The monoisotopic (exact) mass is 400 g/mol. The minimum absolute atomic E-state index is 0.294. The van der Waals surface area contributed by atoms with Crippen molar-refractivity contribution in [1.29, 1.82) is 0 Å². The Kier molecular flexibility index (Phi) is 10.6. The summed E-state index contributed by atoms with van der Waals surface area (Å²) in [6.45, 7) is 6.60. The Labute approximate surface area is 168 Å². The fourth-order valence-electron chi connectivity index (χ4n) is 2.73. The lowest BCUT2D eigenvalue weighted by Crippen LogP contribution is -2.27. The maximum Gasteiger partial charge on any atom is 0.168 e. The topological polar surface area (TPSA) is 18.5 Å². The van der Waals surface area contributed by atoms with E-state index in [9.17, 15) is 4.39 Å². The number of halogens is 1. The summed E-state index contributed by atoms with van der Waals surface area (Å²) in [5.41, 5.74) is -0.364. The number of hydrogen-bond acceptors (Lipinski definition) is 2. The SMILES string of the molecule is CCC(C)(C)Oc1ccc(OCCCCCCCCCS(C)(C)C)cc1F. The molecule has 1 aromatic rings. The summed E-state index contributed by atoms with van der Waals surface area (Å²) in [7, 11) is -0.323. The molecule has 27 heavy (non-hydrogen) atoms. The third-order valence-corrected chi connectivity index (χ3v) is 6.32. The zero-order valence-corrected chi connectivity index (χ0v) is 19.2. The van der Waals surface area contributed by atoms with Gasteiger partial charge < -0.3 is 9.47 Å². The smallest absolute Gasteiger partial charge is 0.168 e. The highest BCUT2D eigenvalue weighted by Crippen LogP contribution is 2.35. The van der Waals surface area contributed by atoms with E-state index in [1.165, 1.54) is 50.3 Å². The van der Waals surface area contributed by atoms with Crippen LogP contribution in [0.25, 0.3) is 0 Å². The molecule has 0 aromatic heterocycles. The summed E-state index contributed by atoms with van der Waals surface area (Å²) in [6.07, 6.45) is 16.9. The molecule has 0 bridgehead atoms.